The number of nitrogens with two attached hydrogens (primary N) is 1. The third-order valence-corrected chi connectivity index (χ3v) is 4.22. The van der Waals surface area contributed by atoms with Crippen LogP contribution in [0, 0.1) is 5.92 Å². The number of pyridine rings is 1. The lowest BCUT2D eigenvalue weighted by atomic mass is 9.75. The molecule has 3 rings (SSSR count). The van der Waals surface area contributed by atoms with E-state index in [0.717, 1.165) is 17.9 Å². The molecule has 0 bridgehead atoms. The van der Waals surface area contributed by atoms with Gasteiger partial charge < -0.3 is 5.73 Å². The topological polar surface area (TPSA) is 38.9 Å². The maximum Gasteiger partial charge on any atom is 0.0704 e. The van der Waals surface area contributed by atoms with E-state index in [1.54, 1.807) is 0 Å². The van der Waals surface area contributed by atoms with E-state index < -0.39 is 0 Å². The van der Waals surface area contributed by atoms with Gasteiger partial charge in [0.2, 0.25) is 0 Å². The number of fused-ring (bicyclic) bond motifs is 1. The summed E-state index contributed by atoms with van der Waals surface area (Å²) in [6, 6.07) is 11.0. The lowest BCUT2D eigenvalue weighted by molar-refractivity contribution is 0.306. The molecule has 0 amide bonds. The normalized spacial score (nSPS) is 28.4. The Morgan fingerprint density at radius 1 is 1.22 bits per heavy atom. The fourth-order valence-corrected chi connectivity index (χ4v) is 3.10. The second-order valence-corrected chi connectivity index (χ2v) is 5.64. The van der Waals surface area contributed by atoms with E-state index in [9.17, 15) is 0 Å². The minimum atomic E-state index is 0.308. The van der Waals surface area contributed by atoms with Crippen LogP contribution in [0.1, 0.15) is 37.7 Å². The highest BCUT2D eigenvalue weighted by molar-refractivity contribution is 5.79. The number of hydrogen-bond acceptors (Lipinski definition) is 2. The fraction of sp³-hybridized carbons (Fsp3) is 0.438. The molecular formula is C16H20N2. The first-order valence-corrected chi connectivity index (χ1v) is 6.84. The van der Waals surface area contributed by atoms with E-state index in [1.165, 1.54) is 23.8 Å². The molecule has 1 fully saturated rings. The zero-order chi connectivity index (χ0) is 12.5. The van der Waals surface area contributed by atoms with E-state index in [-0.39, 0.29) is 0 Å². The first kappa shape index (κ1) is 11.7. The zero-order valence-corrected chi connectivity index (χ0v) is 10.8. The molecule has 18 heavy (non-hydrogen) atoms. The maximum absolute atomic E-state index is 6.30. The molecule has 1 aromatic carbocycles. The van der Waals surface area contributed by atoms with Gasteiger partial charge in [-0.25, -0.2) is 0 Å². The molecule has 1 aromatic heterocycles. The Morgan fingerprint density at radius 3 is 3.00 bits per heavy atom. The second kappa shape index (κ2) is 4.69. The summed E-state index contributed by atoms with van der Waals surface area (Å²) in [6.07, 6.45) is 5.48. The van der Waals surface area contributed by atoms with E-state index in [1.807, 2.05) is 12.3 Å². The first-order chi connectivity index (χ1) is 8.74. The van der Waals surface area contributed by atoms with Crippen molar-refractivity contribution in [1.82, 2.24) is 4.98 Å². The lowest BCUT2D eigenvalue weighted by Crippen LogP contribution is -2.33. The van der Waals surface area contributed by atoms with E-state index in [0.29, 0.717) is 12.0 Å². The Balaban J connectivity index is 1.97. The van der Waals surface area contributed by atoms with Gasteiger partial charge in [0.15, 0.2) is 0 Å². The monoisotopic (exact) mass is 240 g/mol. The van der Waals surface area contributed by atoms with Gasteiger partial charge in [-0.15, -0.1) is 0 Å². The van der Waals surface area contributed by atoms with E-state index in [2.05, 4.69) is 36.2 Å². The van der Waals surface area contributed by atoms with Crippen molar-refractivity contribution >= 4 is 10.9 Å². The maximum atomic E-state index is 6.30. The summed E-state index contributed by atoms with van der Waals surface area (Å²) in [5, 5.41) is 1.21. The molecule has 94 valence electrons. The van der Waals surface area contributed by atoms with Crippen LogP contribution in [0.3, 0.4) is 0 Å². The van der Waals surface area contributed by atoms with Gasteiger partial charge in [-0.1, -0.05) is 25.1 Å². The zero-order valence-electron chi connectivity index (χ0n) is 10.8. The van der Waals surface area contributed by atoms with E-state index in [4.69, 9.17) is 5.73 Å². The predicted molar refractivity (Wildman–Crippen MR) is 75.5 cm³/mol. The van der Waals surface area contributed by atoms with Gasteiger partial charge in [-0.05, 0) is 48.8 Å². The van der Waals surface area contributed by atoms with Crippen molar-refractivity contribution < 1.29 is 0 Å². The predicted octanol–water partition coefficient (Wildman–Crippen LogP) is 3.47. The van der Waals surface area contributed by atoms with Gasteiger partial charge in [0.05, 0.1) is 5.52 Å². The van der Waals surface area contributed by atoms with Crippen LogP contribution in [0.25, 0.3) is 10.9 Å². The molecule has 0 aliphatic heterocycles. The smallest absolute Gasteiger partial charge is 0.0704 e. The molecule has 0 spiro atoms. The summed E-state index contributed by atoms with van der Waals surface area (Å²) < 4.78 is 0. The molecule has 0 radical (unpaired) electrons. The molecule has 2 N–H and O–H groups in total. The van der Waals surface area contributed by atoms with Gasteiger partial charge in [-0.2, -0.15) is 0 Å². The molecule has 3 atom stereocenters. The summed E-state index contributed by atoms with van der Waals surface area (Å²) in [5.74, 6) is 1.29. The number of rotatable bonds is 1. The first-order valence-electron chi connectivity index (χ1n) is 6.84. The minimum absolute atomic E-state index is 0.308. The Hall–Kier alpha value is -1.41. The summed E-state index contributed by atoms with van der Waals surface area (Å²) >= 11 is 0. The van der Waals surface area contributed by atoms with Crippen LogP contribution in [0.5, 0.6) is 0 Å². The number of benzene rings is 1. The molecule has 1 saturated carbocycles. The standard InChI is InChI=1S/C16H20N2/c1-11-4-7-15(17)14(9-11)13-6-5-12-3-2-8-18-16(12)10-13/h2-3,5-6,8,10-11,14-15H,4,7,9,17H2,1H3. The molecule has 2 aromatic rings. The van der Waals surface area contributed by atoms with Gasteiger partial charge in [-0.3, -0.25) is 4.98 Å². The number of aromatic nitrogens is 1. The van der Waals surface area contributed by atoms with E-state index >= 15 is 0 Å². The number of nitrogens with zero attached hydrogens (tertiary/aromatic N) is 1. The highest BCUT2D eigenvalue weighted by Gasteiger charge is 2.27. The molecule has 3 unspecified atom stereocenters. The lowest BCUT2D eigenvalue weighted by Gasteiger charge is -2.33. The molecule has 0 saturated heterocycles. The molecule has 2 heteroatoms. The molecule has 2 nitrogen and oxygen atoms in total. The van der Waals surface area contributed by atoms with Gasteiger partial charge >= 0.3 is 0 Å². The van der Waals surface area contributed by atoms with Crippen molar-refractivity contribution in [3.8, 4) is 0 Å². The highest BCUT2D eigenvalue weighted by Crippen LogP contribution is 2.35. The largest absolute Gasteiger partial charge is 0.327 e. The summed E-state index contributed by atoms with van der Waals surface area (Å²) in [4.78, 5) is 4.44. The minimum Gasteiger partial charge on any atom is -0.327 e. The molecule has 1 heterocycles. The van der Waals surface area contributed by atoms with Crippen LogP contribution < -0.4 is 5.73 Å². The Kier molecular flexibility index (Phi) is 3.04. The van der Waals surface area contributed by atoms with Crippen molar-refractivity contribution in [3.63, 3.8) is 0 Å². The molecule has 1 aliphatic rings. The quantitative estimate of drug-likeness (QED) is 0.829. The van der Waals surface area contributed by atoms with Crippen LogP contribution in [0.15, 0.2) is 36.5 Å². The number of hydrogen-bond donors (Lipinski definition) is 1. The Morgan fingerprint density at radius 2 is 2.11 bits per heavy atom. The molecule has 1 aliphatic carbocycles. The van der Waals surface area contributed by atoms with Crippen molar-refractivity contribution in [1.29, 1.82) is 0 Å². The van der Waals surface area contributed by atoms with Gasteiger partial charge in [0, 0.05) is 17.6 Å². The molecular weight excluding hydrogens is 220 g/mol. The van der Waals surface area contributed by atoms with Crippen LogP contribution in [0.2, 0.25) is 0 Å². The summed E-state index contributed by atoms with van der Waals surface area (Å²) in [5.41, 5.74) is 8.74. The summed E-state index contributed by atoms with van der Waals surface area (Å²) in [6.45, 7) is 2.33. The fourth-order valence-electron chi connectivity index (χ4n) is 3.10. The van der Waals surface area contributed by atoms with Crippen molar-refractivity contribution in [2.24, 2.45) is 11.7 Å². The van der Waals surface area contributed by atoms with Crippen molar-refractivity contribution in [2.45, 2.75) is 38.1 Å². The summed E-state index contributed by atoms with van der Waals surface area (Å²) in [7, 11) is 0. The van der Waals surface area contributed by atoms with Gasteiger partial charge in [0.25, 0.3) is 0 Å². The SMILES string of the molecule is CC1CCC(N)C(c2ccc3cccnc3c2)C1. The Labute approximate surface area is 108 Å². The second-order valence-electron chi connectivity index (χ2n) is 5.64. The van der Waals surface area contributed by atoms with Crippen LogP contribution in [-0.4, -0.2) is 11.0 Å². The van der Waals surface area contributed by atoms with Crippen LogP contribution in [-0.2, 0) is 0 Å². The van der Waals surface area contributed by atoms with Crippen LogP contribution in [0.4, 0.5) is 0 Å². The highest BCUT2D eigenvalue weighted by atomic mass is 14.7. The Bertz CT molecular complexity index is 550. The van der Waals surface area contributed by atoms with Gasteiger partial charge in [0.1, 0.15) is 0 Å². The average Bonchev–Trinajstić information content (AvgIpc) is 2.41. The van der Waals surface area contributed by atoms with Crippen molar-refractivity contribution in [2.75, 3.05) is 0 Å². The third kappa shape index (κ3) is 2.13. The average molecular weight is 240 g/mol. The third-order valence-electron chi connectivity index (χ3n) is 4.22. The van der Waals surface area contributed by atoms with Crippen LogP contribution >= 0.6 is 0 Å². The van der Waals surface area contributed by atoms with Crippen molar-refractivity contribution in [3.05, 3.63) is 42.1 Å².